The molecule has 2 aliphatic rings. The number of hydrogen-bond acceptors (Lipinski definition) is 3. The van der Waals surface area contributed by atoms with Gasteiger partial charge in [0.05, 0.1) is 0 Å². The molecule has 80 valence electrons. The van der Waals surface area contributed by atoms with Crippen LogP contribution in [0.1, 0.15) is 12.0 Å². The zero-order valence-electron chi connectivity index (χ0n) is 8.89. The van der Waals surface area contributed by atoms with E-state index < -0.39 is 0 Å². The van der Waals surface area contributed by atoms with Crippen LogP contribution in [-0.2, 0) is 6.54 Å². The number of fused-ring (bicyclic) bond motifs is 1. The summed E-state index contributed by atoms with van der Waals surface area (Å²) in [7, 11) is 0. The first kappa shape index (κ1) is 9.31. The fourth-order valence-corrected chi connectivity index (χ4v) is 2.82. The number of nitrogens with zero attached hydrogens (tertiary/aromatic N) is 2. The molecule has 0 aliphatic carbocycles. The second-order valence-electron chi connectivity index (χ2n) is 4.66. The number of nitrogens with one attached hydrogen (secondary N) is 1. The van der Waals surface area contributed by atoms with E-state index in [1.165, 1.54) is 31.6 Å². The summed E-state index contributed by atoms with van der Waals surface area (Å²) in [6, 6.07) is 4.93. The lowest BCUT2D eigenvalue weighted by atomic mass is 10.1. The normalized spacial score (nSPS) is 30.7. The van der Waals surface area contributed by atoms with Gasteiger partial charge in [0, 0.05) is 38.1 Å². The van der Waals surface area contributed by atoms with E-state index >= 15 is 0 Å². The minimum Gasteiger partial charge on any atom is -0.312 e. The molecule has 2 saturated heterocycles. The van der Waals surface area contributed by atoms with E-state index in [1.807, 2.05) is 18.5 Å². The van der Waals surface area contributed by atoms with Gasteiger partial charge in [-0.15, -0.1) is 0 Å². The molecule has 0 saturated carbocycles. The van der Waals surface area contributed by atoms with Crippen molar-refractivity contribution in [3.63, 3.8) is 0 Å². The Bertz CT molecular complexity index is 313. The van der Waals surface area contributed by atoms with Crippen LogP contribution in [0.3, 0.4) is 0 Å². The Labute approximate surface area is 90.5 Å². The fraction of sp³-hybridized carbons (Fsp3) is 0.583. The van der Waals surface area contributed by atoms with Crippen LogP contribution < -0.4 is 5.32 Å². The van der Waals surface area contributed by atoms with Crippen LogP contribution in [0, 0.1) is 5.92 Å². The summed E-state index contributed by atoms with van der Waals surface area (Å²) in [5.74, 6) is 0.890. The van der Waals surface area contributed by atoms with Crippen LogP contribution in [0.2, 0.25) is 0 Å². The van der Waals surface area contributed by atoms with Gasteiger partial charge in [-0.05, 0) is 30.5 Å². The highest BCUT2D eigenvalue weighted by Crippen LogP contribution is 2.25. The van der Waals surface area contributed by atoms with Gasteiger partial charge in [0.2, 0.25) is 0 Å². The summed E-state index contributed by atoms with van der Waals surface area (Å²) in [6.07, 6.45) is 5.17. The molecule has 0 spiro atoms. The number of likely N-dealkylation sites (tertiary alicyclic amines) is 1. The molecule has 1 N–H and O–H groups in total. The van der Waals surface area contributed by atoms with E-state index in [-0.39, 0.29) is 0 Å². The first-order valence-electron chi connectivity index (χ1n) is 5.76. The summed E-state index contributed by atoms with van der Waals surface area (Å²) in [6.45, 7) is 4.74. The minimum atomic E-state index is 0.752. The van der Waals surface area contributed by atoms with Crippen LogP contribution in [-0.4, -0.2) is 35.6 Å². The largest absolute Gasteiger partial charge is 0.312 e. The summed E-state index contributed by atoms with van der Waals surface area (Å²) < 4.78 is 0. The van der Waals surface area contributed by atoms with Crippen molar-refractivity contribution in [2.24, 2.45) is 5.92 Å². The minimum absolute atomic E-state index is 0.752. The van der Waals surface area contributed by atoms with Crippen LogP contribution in [0.4, 0.5) is 0 Å². The highest BCUT2D eigenvalue weighted by molar-refractivity contribution is 5.09. The van der Waals surface area contributed by atoms with Gasteiger partial charge in [0.1, 0.15) is 0 Å². The second-order valence-corrected chi connectivity index (χ2v) is 4.66. The Balaban J connectivity index is 1.62. The molecule has 3 nitrogen and oxygen atoms in total. The number of pyridine rings is 1. The predicted octanol–water partition coefficient (Wildman–Crippen LogP) is 0.875. The molecule has 2 aliphatic heterocycles. The Hall–Kier alpha value is -0.930. The molecule has 1 aromatic rings. The lowest BCUT2D eigenvalue weighted by molar-refractivity contribution is 0.306. The highest BCUT2D eigenvalue weighted by Gasteiger charge is 2.35. The number of rotatable bonds is 2. The van der Waals surface area contributed by atoms with E-state index in [2.05, 4.69) is 21.3 Å². The van der Waals surface area contributed by atoms with Crippen LogP contribution in [0.15, 0.2) is 24.5 Å². The zero-order valence-corrected chi connectivity index (χ0v) is 8.89. The van der Waals surface area contributed by atoms with Crippen molar-refractivity contribution in [3.8, 4) is 0 Å². The first-order chi connectivity index (χ1) is 7.42. The van der Waals surface area contributed by atoms with Crippen molar-refractivity contribution in [2.75, 3.05) is 19.6 Å². The average molecular weight is 203 g/mol. The standard InChI is InChI=1S/C12H17N3/c1-2-10(6-13-4-1)7-15-8-11-3-5-14-12(11)9-15/h1-2,4,6,11-12,14H,3,5,7-9H2/t11-,12+/m0/s1. The smallest absolute Gasteiger partial charge is 0.0312 e. The molecule has 3 rings (SSSR count). The van der Waals surface area contributed by atoms with Crippen LogP contribution in [0.25, 0.3) is 0 Å². The molecule has 0 bridgehead atoms. The molecule has 2 fully saturated rings. The molecule has 2 atom stereocenters. The molecule has 15 heavy (non-hydrogen) atoms. The van der Waals surface area contributed by atoms with Crippen molar-refractivity contribution in [1.82, 2.24) is 15.2 Å². The topological polar surface area (TPSA) is 28.2 Å². The van der Waals surface area contributed by atoms with Crippen LogP contribution >= 0.6 is 0 Å². The summed E-state index contributed by atoms with van der Waals surface area (Å²) in [4.78, 5) is 6.70. The first-order valence-corrected chi connectivity index (χ1v) is 5.76. The second kappa shape index (κ2) is 3.91. The highest BCUT2D eigenvalue weighted by atomic mass is 15.2. The van der Waals surface area contributed by atoms with Crippen molar-refractivity contribution >= 4 is 0 Å². The van der Waals surface area contributed by atoms with E-state index in [1.54, 1.807) is 0 Å². The van der Waals surface area contributed by atoms with E-state index in [9.17, 15) is 0 Å². The van der Waals surface area contributed by atoms with Gasteiger partial charge < -0.3 is 5.32 Å². The average Bonchev–Trinajstić information content (AvgIpc) is 2.79. The monoisotopic (exact) mass is 203 g/mol. The SMILES string of the molecule is c1cncc(CN2C[C@@H]3CCN[C@@H]3C2)c1. The Kier molecular flexibility index (Phi) is 2.43. The maximum absolute atomic E-state index is 4.16. The summed E-state index contributed by atoms with van der Waals surface area (Å²) in [5, 5.41) is 3.58. The summed E-state index contributed by atoms with van der Waals surface area (Å²) >= 11 is 0. The molecule has 3 heterocycles. The third kappa shape index (κ3) is 1.90. The lowest BCUT2D eigenvalue weighted by Gasteiger charge is -2.16. The van der Waals surface area contributed by atoms with Crippen molar-refractivity contribution in [2.45, 2.75) is 19.0 Å². The Morgan fingerprint density at radius 3 is 3.27 bits per heavy atom. The Morgan fingerprint density at radius 2 is 2.47 bits per heavy atom. The van der Waals surface area contributed by atoms with Crippen molar-refractivity contribution < 1.29 is 0 Å². The molecular formula is C12H17N3. The molecule has 0 radical (unpaired) electrons. The van der Waals surface area contributed by atoms with Gasteiger partial charge >= 0.3 is 0 Å². The molecule has 0 unspecified atom stereocenters. The van der Waals surface area contributed by atoms with Gasteiger partial charge in [-0.25, -0.2) is 0 Å². The number of hydrogen-bond donors (Lipinski definition) is 1. The van der Waals surface area contributed by atoms with Gasteiger partial charge in [0.15, 0.2) is 0 Å². The van der Waals surface area contributed by atoms with Crippen LogP contribution in [0.5, 0.6) is 0 Å². The molecule has 0 aromatic carbocycles. The fourth-order valence-electron chi connectivity index (χ4n) is 2.82. The van der Waals surface area contributed by atoms with E-state index in [4.69, 9.17) is 0 Å². The molecule has 3 heteroatoms. The molecule has 1 aromatic heterocycles. The maximum atomic E-state index is 4.16. The van der Waals surface area contributed by atoms with Crippen molar-refractivity contribution in [3.05, 3.63) is 30.1 Å². The quantitative estimate of drug-likeness (QED) is 0.773. The molecular weight excluding hydrogens is 186 g/mol. The van der Waals surface area contributed by atoms with Gasteiger partial charge in [-0.1, -0.05) is 6.07 Å². The predicted molar refractivity (Wildman–Crippen MR) is 59.4 cm³/mol. The lowest BCUT2D eigenvalue weighted by Crippen LogP contribution is -2.29. The summed E-state index contributed by atoms with van der Waals surface area (Å²) in [5.41, 5.74) is 1.33. The zero-order chi connectivity index (χ0) is 10.1. The number of aromatic nitrogens is 1. The van der Waals surface area contributed by atoms with E-state index in [0.717, 1.165) is 18.5 Å². The van der Waals surface area contributed by atoms with Gasteiger partial charge in [-0.3, -0.25) is 9.88 Å². The third-order valence-corrected chi connectivity index (χ3v) is 3.57. The van der Waals surface area contributed by atoms with E-state index in [0.29, 0.717) is 0 Å². The van der Waals surface area contributed by atoms with Gasteiger partial charge in [0.25, 0.3) is 0 Å². The van der Waals surface area contributed by atoms with Crippen molar-refractivity contribution in [1.29, 1.82) is 0 Å². The maximum Gasteiger partial charge on any atom is 0.0312 e. The molecule has 0 amide bonds. The van der Waals surface area contributed by atoms with Gasteiger partial charge in [-0.2, -0.15) is 0 Å². The Morgan fingerprint density at radius 1 is 1.47 bits per heavy atom. The third-order valence-electron chi connectivity index (χ3n) is 3.57.